The zero-order valence-corrected chi connectivity index (χ0v) is 16.2. The topological polar surface area (TPSA) is 95.6 Å². The van der Waals surface area contributed by atoms with Crippen molar-refractivity contribution < 1.29 is 18.0 Å². The van der Waals surface area contributed by atoms with Gasteiger partial charge in [0.05, 0.1) is 11.3 Å². The van der Waals surface area contributed by atoms with Crippen molar-refractivity contribution >= 4 is 21.8 Å². The van der Waals surface area contributed by atoms with Crippen LogP contribution < -0.4 is 10.6 Å². The van der Waals surface area contributed by atoms with Crippen LogP contribution in [0, 0.1) is 0 Å². The summed E-state index contributed by atoms with van der Waals surface area (Å²) in [5, 5.41) is 5.42. The molecular weight excluding hydrogens is 378 g/mol. The Morgan fingerprint density at radius 2 is 1.71 bits per heavy atom. The van der Waals surface area contributed by atoms with Crippen LogP contribution in [0.3, 0.4) is 0 Å². The third kappa shape index (κ3) is 4.76. The van der Waals surface area contributed by atoms with Crippen molar-refractivity contribution in [1.82, 2.24) is 14.9 Å². The molecule has 1 fully saturated rings. The lowest BCUT2D eigenvalue weighted by atomic mass is 10.1. The largest absolute Gasteiger partial charge is 0.356 e. The highest BCUT2D eigenvalue weighted by molar-refractivity contribution is 7.89. The van der Waals surface area contributed by atoms with E-state index < -0.39 is 22.0 Å². The zero-order valence-electron chi connectivity index (χ0n) is 15.4. The molecule has 1 aliphatic heterocycles. The van der Waals surface area contributed by atoms with Crippen molar-refractivity contribution in [2.45, 2.75) is 23.8 Å². The first-order chi connectivity index (χ1) is 13.5. The molecule has 0 aliphatic carbocycles. The predicted octanol–water partition coefficient (Wildman–Crippen LogP) is 0.925. The summed E-state index contributed by atoms with van der Waals surface area (Å²) in [7, 11) is -3.86. The number of rotatable bonds is 7. The summed E-state index contributed by atoms with van der Waals surface area (Å²) in [4.78, 5) is 24.8. The Morgan fingerprint density at radius 3 is 2.39 bits per heavy atom. The number of hydrogen-bond acceptors (Lipinski definition) is 4. The van der Waals surface area contributed by atoms with Gasteiger partial charge < -0.3 is 10.6 Å². The Balaban J connectivity index is 1.65. The van der Waals surface area contributed by atoms with E-state index in [-0.39, 0.29) is 30.3 Å². The van der Waals surface area contributed by atoms with Gasteiger partial charge in [-0.2, -0.15) is 4.31 Å². The van der Waals surface area contributed by atoms with Crippen LogP contribution in [0.4, 0.5) is 0 Å². The number of amides is 2. The maximum atomic E-state index is 12.9. The number of piperazine rings is 1. The number of sulfonamides is 1. The highest BCUT2D eigenvalue weighted by atomic mass is 32.2. The van der Waals surface area contributed by atoms with Crippen LogP contribution in [0.5, 0.6) is 0 Å². The lowest BCUT2D eigenvalue weighted by Crippen LogP contribution is -2.58. The van der Waals surface area contributed by atoms with Crippen molar-refractivity contribution in [1.29, 1.82) is 0 Å². The van der Waals surface area contributed by atoms with Gasteiger partial charge in [0.15, 0.2) is 0 Å². The standard InChI is InChI=1S/C20H23N3O4S/c24-19(21-12-11-16-7-3-1-4-8-16)15-18-20(25)22-13-14-23(18)28(26,27)17-9-5-2-6-10-17/h1-10,18H,11-15H2,(H,21,24)(H,22,25)/t18-/m1/s1. The maximum absolute atomic E-state index is 12.9. The minimum Gasteiger partial charge on any atom is -0.356 e. The molecular formula is C20H23N3O4S. The summed E-state index contributed by atoms with van der Waals surface area (Å²) in [6, 6.07) is 16.6. The number of nitrogens with one attached hydrogen (secondary N) is 2. The summed E-state index contributed by atoms with van der Waals surface area (Å²) in [6.07, 6.45) is 0.447. The molecule has 3 rings (SSSR count). The fraction of sp³-hybridized carbons (Fsp3) is 0.300. The van der Waals surface area contributed by atoms with Gasteiger partial charge in [-0.25, -0.2) is 8.42 Å². The minimum atomic E-state index is -3.86. The van der Waals surface area contributed by atoms with Crippen LogP contribution in [0.1, 0.15) is 12.0 Å². The molecule has 2 amide bonds. The Kier molecular flexibility index (Phi) is 6.43. The van der Waals surface area contributed by atoms with Crippen molar-refractivity contribution in [3.8, 4) is 0 Å². The number of hydrogen-bond donors (Lipinski definition) is 2. The van der Waals surface area contributed by atoms with Gasteiger partial charge >= 0.3 is 0 Å². The fourth-order valence-electron chi connectivity index (χ4n) is 3.14. The maximum Gasteiger partial charge on any atom is 0.243 e. The monoisotopic (exact) mass is 401 g/mol. The molecule has 0 bridgehead atoms. The van der Waals surface area contributed by atoms with Crippen molar-refractivity contribution in [3.05, 3.63) is 66.2 Å². The molecule has 148 valence electrons. The summed E-state index contributed by atoms with van der Waals surface area (Å²) >= 11 is 0. The third-order valence-corrected chi connectivity index (χ3v) is 6.51. The van der Waals surface area contributed by atoms with E-state index in [1.165, 1.54) is 12.1 Å². The van der Waals surface area contributed by atoms with E-state index in [2.05, 4.69) is 10.6 Å². The first-order valence-electron chi connectivity index (χ1n) is 9.14. The Bertz CT molecular complexity index is 917. The molecule has 1 aliphatic rings. The van der Waals surface area contributed by atoms with Gasteiger partial charge in [0.25, 0.3) is 0 Å². The first-order valence-corrected chi connectivity index (χ1v) is 10.6. The lowest BCUT2D eigenvalue weighted by Gasteiger charge is -2.33. The molecule has 1 atom stereocenters. The summed E-state index contributed by atoms with van der Waals surface area (Å²) in [6.45, 7) is 0.768. The molecule has 0 radical (unpaired) electrons. The van der Waals surface area contributed by atoms with E-state index in [9.17, 15) is 18.0 Å². The van der Waals surface area contributed by atoms with Gasteiger partial charge in [-0.05, 0) is 24.1 Å². The SMILES string of the molecule is O=C(C[C@@H]1C(=O)NCCN1S(=O)(=O)c1ccccc1)NCCc1ccccc1. The average molecular weight is 401 g/mol. The second-order valence-electron chi connectivity index (χ2n) is 6.53. The van der Waals surface area contributed by atoms with Crippen LogP contribution in [-0.4, -0.2) is 50.2 Å². The number of carbonyl (C=O) groups excluding carboxylic acids is 2. The van der Waals surface area contributed by atoms with E-state index in [1.54, 1.807) is 18.2 Å². The molecule has 8 heteroatoms. The Morgan fingerprint density at radius 1 is 1.07 bits per heavy atom. The van der Waals surface area contributed by atoms with Crippen molar-refractivity contribution in [2.75, 3.05) is 19.6 Å². The van der Waals surface area contributed by atoms with E-state index in [0.29, 0.717) is 13.0 Å². The second kappa shape index (κ2) is 8.99. The van der Waals surface area contributed by atoms with Crippen molar-refractivity contribution in [3.63, 3.8) is 0 Å². The normalized spacial score (nSPS) is 17.7. The van der Waals surface area contributed by atoms with Crippen molar-refractivity contribution in [2.24, 2.45) is 0 Å². The molecule has 1 heterocycles. The summed E-state index contributed by atoms with van der Waals surface area (Å²) < 4.78 is 27.0. The molecule has 2 aromatic carbocycles. The molecule has 1 saturated heterocycles. The van der Waals surface area contributed by atoms with E-state index >= 15 is 0 Å². The van der Waals surface area contributed by atoms with Crippen LogP contribution in [0.25, 0.3) is 0 Å². The summed E-state index contributed by atoms with van der Waals surface area (Å²) in [5.74, 6) is -0.810. The molecule has 28 heavy (non-hydrogen) atoms. The van der Waals surface area contributed by atoms with Crippen LogP contribution in [-0.2, 0) is 26.0 Å². The first kappa shape index (κ1) is 20.0. The number of carbonyl (C=O) groups is 2. The smallest absolute Gasteiger partial charge is 0.243 e. The number of nitrogens with zero attached hydrogens (tertiary/aromatic N) is 1. The molecule has 0 saturated carbocycles. The zero-order chi connectivity index (χ0) is 20.0. The molecule has 0 unspecified atom stereocenters. The summed E-state index contributed by atoms with van der Waals surface area (Å²) in [5.41, 5.74) is 1.09. The van der Waals surface area contributed by atoms with E-state index in [0.717, 1.165) is 9.87 Å². The molecule has 7 nitrogen and oxygen atoms in total. The Labute approximate surface area is 164 Å². The van der Waals surface area contributed by atoms with Crippen LogP contribution >= 0.6 is 0 Å². The van der Waals surface area contributed by atoms with Gasteiger partial charge in [-0.15, -0.1) is 0 Å². The predicted molar refractivity (Wildman–Crippen MR) is 105 cm³/mol. The highest BCUT2D eigenvalue weighted by Crippen LogP contribution is 2.21. The minimum absolute atomic E-state index is 0.110. The Hall–Kier alpha value is -2.71. The van der Waals surface area contributed by atoms with E-state index in [1.807, 2.05) is 30.3 Å². The van der Waals surface area contributed by atoms with Gasteiger partial charge in [0, 0.05) is 19.6 Å². The number of benzene rings is 2. The average Bonchev–Trinajstić information content (AvgIpc) is 2.71. The molecule has 0 aromatic heterocycles. The van der Waals surface area contributed by atoms with Gasteiger partial charge in [-0.3, -0.25) is 9.59 Å². The molecule has 2 aromatic rings. The fourth-order valence-corrected chi connectivity index (χ4v) is 4.75. The van der Waals surface area contributed by atoms with Gasteiger partial charge in [0.2, 0.25) is 21.8 Å². The van der Waals surface area contributed by atoms with Gasteiger partial charge in [-0.1, -0.05) is 48.5 Å². The van der Waals surface area contributed by atoms with Crippen LogP contribution in [0.2, 0.25) is 0 Å². The second-order valence-corrected chi connectivity index (χ2v) is 8.42. The van der Waals surface area contributed by atoms with E-state index in [4.69, 9.17) is 0 Å². The molecule has 2 N–H and O–H groups in total. The van der Waals surface area contributed by atoms with Gasteiger partial charge in [0.1, 0.15) is 6.04 Å². The highest BCUT2D eigenvalue weighted by Gasteiger charge is 2.39. The molecule has 0 spiro atoms. The van der Waals surface area contributed by atoms with Crippen LogP contribution in [0.15, 0.2) is 65.6 Å². The quantitative estimate of drug-likeness (QED) is 0.721. The lowest BCUT2D eigenvalue weighted by molar-refractivity contribution is -0.131. The third-order valence-electron chi connectivity index (χ3n) is 4.59.